The first-order valence-electron chi connectivity index (χ1n) is 5.49. The molecule has 0 bridgehead atoms. The second-order valence-electron chi connectivity index (χ2n) is 3.91. The van der Waals surface area contributed by atoms with Gasteiger partial charge in [-0.2, -0.15) is 0 Å². The second-order valence-corrected chi connectivity index (χ2v) is 3.91. The molecule has 102 valence electrons. The maximum Gasteiger partial charge on any atom is 0.303 e. The first-order chi connectivity index (χ1) is 8.40. The van der Waals surface area contributed by atoms with E-state index >= 15 is 0 Å². The molecular weight excluding hydrogens is 244 g/mol. The van der Waals surface area contributed by atoms with E-state index in [0.717, 1.165) is 0 Å². The zero-order valence-corrected chi connectivity index (χ0v) is 10.5. The molecule has 1 heterocycles. The zero-order chi connectivity index (χ0) is 13.7. The molecule has 0 saturated carbocycles. The number of rotatable bonds is 3. The topological polar surface area (TPSA) is 88.1 Å². The summed E-state index contributed by atoms with van der Waals surface area (Å²) in [5.41, 5.74) is 0. The van der Waals surface area contributed by atoms with Gasteiger partial charge < -0.3 is 18.9 Å². The van der Waals surface area contributed by atoms with Gasteiger partial charge in [-0.15, -0.1) is 0 Å². The maximum absolute atomic E-state index is 11.0. The Labute approximate surface area is 104 Å². The van der Waals surface area contributed by atoms with Gasteiger partial charge in [-0.1, -0.05) is 0 Å². The predicted octanol–water partition coefficient (Wildman–Crippen LogP) is -0.188. The third-order valence-corrected chi connectivity index (χ3v) is 2.23. The molecular formula is C11H16O7. The summed E-state index contributed by atoms with van der Waals surface area (Å²) in [6, 6.07) is 0. The van der Waals surface area contributed by atoms with Crippen molar-refractivity contribution in [2.45, 2.75) is 39.1 Å². The monoisotopic (exact) mass is 260 g/mol. The van der Waals surface area contributed by atoms with Gasteiger partial charge in [-0.25, -0.2) is 0 Å². The van der Waals surface area contributed by atoms with Crippen molar-refractivity contribution < 1.29 is 33.3 Å². The average molecular weight is 260 g/mol. The van der Waals surface area contributed by atoms with Crippen LogP contribution in [0.2, 0.25) is 0 Å². The summed E-state index contributed by atoms with van der Waals surface area (Å²) in [5, 5.41) is 0. The van der Waals surface area contributed by atoms with Crippen LogP contribution in [0.15, 0.2) is 0 Å². The molecule has 1 saturated heterocycles. The van der Waals surface area contributed by atoms with Crippen molar-refractivity contribution in [3.63, 3.8) is 0 Å². The summed E-state index contributed by atoms with van der Waals surface area (Å²) < 4.78 is 20.2. The molecule has 18 heavy (non-hydrogen) atoms. The van der Waals surface area contributed by atoms with Crippen LogP contribution in [0.3, 0.4) is 0 Å². The molecule has 0 N–H and O–H groups in total. The third kappa shape index (κ3) is 4.33. The van der Waals surface area contributed by atoms with E-state index in [2.05, 4.69) is 0 Å². The minimum absolute atomic E-state index is 0.0926. The summed E-state index contributed by atoms with van der Waals surface area (Å²) >= 11 is 0. The van der Waals surface area contributed by atoms with Crippen LogP contribution >= 0.6 is 0 Å². The standard InChI is InChI=1S/C11H16O7/c1-6(12)16-9-4-15-5-10(17-7(2)13)11(9)18-8(3)14/h9-11H,4-5H2,1-3H3/t9-,10+,11+. The van der Waals surface area contributed by atoms with Crippen LogP contribution in [0.25, 0.3) is 0 Å². The Kier molecular flexibility index (Phi) is 5.08. The van der Waals surface area contributed by atoms with Crippen LogP contribution in [-0.4, -0.2) is 49.4 Å². The first-order valence-corrected chi connectivity index (χ1v) is 5.49. The molecule has 7 heteroatoms. The number of carbonyl (C=O) groups excluding carboxylic acids is 3. The number of carbonyl (C=O) groups is 3. The molecule has 0 aromatic rings. The van der Waals surface area contributed by atoms with Gasteiger partial charge in [0.2, 0.25) is 0 Å². The molecule has 1 aliphatic rings. The highest BCUT2D eigenvalue weighted by Crippen LogP contribution is 2.19. The molecule has 0 aromatic heterocycles. The molecule has 0 spiro atoms. The fraction of sp³-hybridized carbons (Fsp3) is 0.727. The fourth-order valence-electron chi connectivity index (χ4n) is 1.70. The van der Waals surface area contributed by atoms with Crippen molar-refractivity contribution in [2.24, 2.45) is 0 Å². The molecule has 1 aliphatic heterocycles. The van der Waals surface area contributed by atoms with Gasteiger partial charge in [0, 0.05) is 20.8 Å². The minimum Gasteiger partial charge on any atom is -0.456 e. The first kappa shape index (κ1) is 14.4. The normalized spacial score (nSPS) is 27.2. The summed E-state index contributed by atoms with van der Waals surface area (Å²) in [7, 11) is 0. The van der Waals surface area contributed by atoms with Crippen molar-refractivity contribution in [2.75, 3.05) is 13.2 Å². The Morgan fingerprint density at radius 3 is 1.56 bits per heavy atom. The quantitative estimate of drug-likeness (QED) is 0.513. The van der Waals surface area contributed by atoms with Crippen LogP contribution in [0.4, 0.5) is 0 Å². The SMILES string of the molecule is CC(=O)O[C@@H]1[C@@H](OC(C)=O)COC[C@H]1OC(C)=O. The van der Waals surface area contributed by atoms with Crippen LogP contribution in [-0.2, 0) is 33.3 Å². The Balaban J connectivity index is 2.78. The van der Waals surface area contributed by atoms with Crippen LogP contribution < -0.4 is 0 Å². The number of hydrogen-bond acceptors (Lipinski definition) is 7. The summed E-state index contributed by atoms with van der Waals surface area (Å²) in [4.78, 5) is 32.9. The predicted molar refractivity (Wildman–Crippen MR) is 57.5 cm³/mol. The maximum atomic E-state index is 11.0. The van der Waals surface area contributed by atoms with E-state index in [1.165, 1.54) is 20.8 Å². The second kappa shape index (κ2) is 6.34. The third-order valence-electron chi connectivity index (χ3n) is 2.23. The summed E-state index contributed by atoms with van der Waals surface area (Å²) in [5.74, 6) is -1.59. The van der Waals surface area contributed by atoms with Gasteiger partial charge in [0.05, 0.1) is 13.2 Å². The Morgan fingerprint density at radius 1 is 0.833 bits per heavy atom. The zero-order valence-electron chi connectivity index (χ0n) is 10.5. The highest BCUT2D eigenvalue weighted by atomic mass is 16.6. The van der Waals surface area contributed by atoms with Crippen molar-refractivity contribution >= 4 is 17.9 Å². The van der Waals surface area contributed by atoms with Crippen LogP contribution in [0.5, 0.6) is 0 Å². The van der Waals surface area contributed by atoms with Gasteiger partial charge in [-0.05, 0) is 0 Å². The summed E-state index contributed by atoms with van der Waals surface area (Å²) in [6.45, 7) is 3.89. The van der Waals surface area contributed by atoms with Crippen LogP contribution in [0.1, 0.15) is 20.8 Å². The van der Waals surface area contributed by atoms with E-state index in [0.29, 0.717) is 0 Å². The summed E-state index contributed by atoms with van der Waals surface area (Å²) in [6.07, 6.45) is -2.39. The van der Waals surface area contributed by atoms with E-state index in [9.17, 15) is 14.4 Å². The molecule has 0 unspecified atom stereocenters. The van der Waals surface area contributed by atoms with Crippen molar-refractivity contribution in [3.05, 3.63) is 0 Å². The highest BCUT2D eigenvalue weighted by Gasteiger charge is 2.40. The fourth-order valence-corrected chi connectivity index (χ4v) is 1.70. The lowest BCUT2D eigenvalue weighted by Gasteiger charge is -2.35. The minimum atomic E-state index is -0.843. The Hall–Kier alpha value is -1.63. The smallest absolute Gasteiger partial charge is 0.303 e. The van der Waals surface area contributed by atoms with E-state index in [1.807, 2.05) is 0 Å². The molecule has 0 radical (unpaired) electrons. The largest absolute Gasteiger partial charge is 0.456 e. The van der Waals surface area contributed by atoms with E-state index in [1.54, 1.807) is 0 Å². The molecule has 1 fully saturated rings. The van der Waals surface area contributed by atoms with Gasteiger partial charge in [0.25, 0.3) is 0 Å². The van der Waals surface area contributed by atoms with Crippen molar-refractivity contribution in [1.82, 2.24) is 0 Å². The number of ether oxygens (including phenoxy) is 4. The van der Waals surface area contributed by atoms with Crippen molar-refractivity contribution in [1.29, 1.82) is 0 Å². The van der Waals surface area contributed by atoms with Gasteiger partial charge in [0.1, 0.15) is 0 Å². The molecule has 1 rings (SSSR count). The molecule has 3 atom stereocenters. The molecule has 7 nitrogen and oxygen atoms in total. The van der Waals surface area contributed by atoms with Crippen molar-refractivity contribution in [3.8, 4) is 0 Å². The molecule has 0 aromatic carbocycles. The van der Waals surface area contributed by atoms with Gasteiger partial charge >= 0.3 is 17.9 Å². The lowest BCUT2D eigenvalue weighted by atomic mass is 10.1. The lowest BCUT2D eigenvalue weighted by molar-refractivity contribution is -0.208. The number of hydrogen-bond donors (Lipinski definition) is 0. The highest BCUT2D eigenvalue weighted by molar-refractivity contribution is 5.68. The lowest BCUT2D eigenvalue weighted by Crippen LogP contribution is -2.53. The van der Waals surface area contributed by atoms with Gasteiger partial charge in [-0.3, -0.25) is 14.4 Å². The van der Waals surface area contributed by atoms with E-state index < -0.39 is 36.2 Å². The Morgan fingerprint density at radius 2 is 1.22 bits per heavy atom. The average Bonchev–Trinajstić information content (AvgIpc) is 2.20. The van der Waals surface area contributed by atoms with Gasteiger partial charge in [0.15, 0.2) is 18.3 Å². The van der Waals surface area contributed by atoms with Crippen LogP contribution in [0, 0.1) is 0 Å². The molecule has 0 aliphatic carbocycles. The van der Waals surface area contributed by atoms with E-state index in [-0.39, 0.29) is 13.2 Å². The Bertz CT molecular complexity index is 314. The molecule has 0 amide bonds. The van der Waals surface area contributed by atoms with E-state index in [4.69, 9.17) is 18.9 Å². The number of esters is 3.